The zero-order valence-corrected chi connectivity index (χ0v) is 15.7. The van der Waals surface area contributed by atoms with E-state index in [0.29, 0.717) is 16.3 Å². The molecular weight excluding hydrogens is 352 g/mol. The van der Waals surface area contributed by atoms with Crippen molar-refractivity contribution in [2.45, 2.75) is 33.1 Å². The highest BCUT2D eigenvalue weighted by Gasteiger charge is 2.32. The predicted molar refractivity (Wildman–Crippen MR) is 101 cm³/mol. The highest BCUT2D eigenvalue weighted by atomic mass is 32.1. The molecule has 2 N–H and O–H groups in total. The average molecular weight is 372 g/mol. The molecule has 0 unspecified atom stereocenters. The van der Waals surface area contributed by atoms with E-state index in [0.717, 1.165) is 16.0 Å². The van der Waals surface area contributed by atoms with E-state index in [1.165, 1.54) is 11.3 Å². The molecule has 0 aliphatic carbocycles. The zero-order chi connectivity index (χ0) is 18.8. The lowest BCUT2D eigenvalue weighted by molar-refractivity contribution is -0.123. The molecule has 2 amide bonds. The Labute approximate surface area is 155 Å². The van der Waals surface area contributed by atoms with Crippen molar-refractivity contribution in [1.29, 1.82) is 0 Å². The largest absolute Gasteiger partial charge is 0.462 e. The van der Waals surface area contributed by atoms with Crippen LogP contribution in [0.2, 0.25) is 0 Å². The van der Waals surface area contributed by atoms with E-state index >= 15 is 0 Å². The molecule has 0 saturated heterocycles. The van der Waals surface area contributed by atoms with E-state index in [4.69, 9.17) is 4.74 Å². The molecule has 7 heteroatoms. The molecule has 1 atom stereocenters. The van der Waals surface area contributed by atoms with Crippen molar-refractivity contribution in [2.24, 2.45) is 0 Å². The Morgan fingerprint density at radius 1 is 1.31 bits per heavy atom. The number of para-hydroxylation sites is 1. The highest BCUT2D eigenvalue weighted by molar-refractivity contribution is 7.16. The van der Waals surface area contributed by atoms with Gasteiger partial charge in [-0.1, -0.05) is 18.2 Å². The number of benzene rings is 1. The molecule has 1 aromatic carbocycles. The van der Waals surface area contributed by atoms with E-state index < -0.39 is 11.9 Å². The summed E-state index contributed by atoms with van der Waals surface area (Å²) in [7, 11) is 0. The fourth-order valence-corrected chi connectivity index (χ4v) is 4.06. The first-order chi connectivity index (χ1) is 12.4. The summed E-state index contributed by atoms with van der Waals surface area (Å²) in [5.74, 6) is -1.56. The average Bonchev–Trinajstić information content (AvgIpc) is 2.88. The number of aryl methyl sites for hydroxylation is 1. The minimum atomic E-state index is -0.599. The number of nitrogens with one attached hydrogen (secondary N) is 2. The van der Waals surface area contributed by atoms with Crippen LogP contribution in [0.1, 0.15) is 45.6 Å². The molecule has 6 nitrogen and oxygen atoms in total. The first-order valence-corrected chi connectivity index (χ1v) is 9.20. The van der Waals surface area contributed by atoms with Gasteiger partial charge in [-0.15, -0.1) is 11.3 Å². The van der Waals surface area contributed by atoms with E-state index in [1.54, 1.807) is 13.0 Å². The molecule has 0 saturated carbocycles. The Bertz CT molecular complexity index is 888. The monoisotopic (exact) mass is 372 g/mol. The third-order valence-corrected chi connectivity index (χ3v) is 5.54. The third-order valence-electron chi connectivity index (χ3n) is 4.42. The van der Waals surface area contributed by atoms with E-state index in [-0.39, 0.29) is 24.8 Å². The van der Waals surface area contributed by atoms with Gasteiger partial charge in [0.05, 0.1) is 18.1 Å². The van der Waals surface area contributed by atoms with Crippen molar-refractivity contribution >= 4 is 39.8 Å². The lowest BCUT2D eigenvalue weighted by atomic mass is 9.90. The van der Waals surface area contributed by atoms with Crippen LogP contribution >= 0.6 is 11.3 Å². The van der Waals surface area contributed by atoms with Crippen LogP contribution in [-0.4, -0.2) is 24.4 Å². The number of fused-ring (bicyclic) bond motifs is 1. The smallest absolute Gasteiger partial charge is 0.341 e. The number of amides is 2. The van der Waals surface area contributed by atoms with Crippen LogP contribution in [0, 0.1) is 13.8 Å². The second-order valence-electron chi connectivity index (χ2n) is 6.09. The lowest BCUT2D eigenvalue weighted by Gasteiger charge is -2.24. The van der Waals surface area contributed by atoms with Crippen LogP contribution in [0.15, 0.2) is 24.3 Å². The molecule has 0 radical (unpaired) electrons. The molecule has 26 heavy (non-hydrogen) atoms. The molecule has 1 aliphatic rings. The molecular formula is C19H20N2O4S. The normalized spacial score (nSPS) is 15.8. The second kappa shape index (κ2) is 7.29. The number of anilines is 2. The van der Waals surface area contributed by atoms with Gasteiger partial charge in [-0.3, -0.25) is 9.59 Å². The summed E-state index contributed by atoms with van der Waals surface area (Å²) in [6.07, 6.45) is 0.0704. The Morgan fingerprint density at radius 3 is 2.77 bits per heavy atom. The van der Waals surface area contributed by atoms with Crippen molar-refractivity contribution in [3.63, 3.8) is 0 Å². The maximum Gasteiger partial charge on any atom is 0.341 e. The van der Waals surface area contributed by atoms with Gasteiger partial charge in [-0.2, -0.15) is 0 Å². The lowest BCUT2D eigenvalue weighted by Crippen LogP contribution is -2.30. The zero-order valence-electron chi connectivity index (χ0n) is 14.8. The van der Waals surface area contributed by atoms with Crippen molar-refractivity contribution in [2.75, 3.05) is 17.2 Å². The maximum absolute atomic E-state index is 12.9. The van der Waals surface area contributed by atoms with Crippen LogP contribution in [0.4, 0.5) is 10.7 Å². The third kappa shape index (κ3) is 3.35. The van der Waals surface area contributed by atoms with Gasteiger partial charge in [-0.05, 0) is 38.0 Å². The van der Waals surface area contributed by atoms with Crippen molar-refractivity contribution in [3.05, 3.63) is 45.8 Å². The van der Waals surface area contributed by atoms with Crippen molar-refractivity contribution in [1.82, 2.24) is 0 Å². The molecule has 136 valence electrons. The Balaban J connectivity index is 1.91. The summed E-state index contributed by atoms with van der Waals surface area (Å²) in [4.78, 5) is 38.1. The minimum Gasteiger partial charge on any atom is -0.462 e. The van der Waals surface area contributed by atoms with Gasteiger partial charge in [0.15, 0.2) is 0 Å². The fraction of sp³-hybridized carbons (Fsp3) is 0.316. The number of ether oxygens (including phenoxy) is 1. The van der Waals surface area contributed by atoms with Gasteiger partial charge in [0.25, 0.3) is 0 Å². The standard InChI is InChI=1S/C19H20N2O4S/c1-4-25-19(24)16-10(2)11(3)26-18(16)21-17(23)13-9-15(22)20-14-8-6-5-7-12(13)14/h5-8,13H,4,9H2,1-3H3,(H,20,22)(H,21,23)/t13-/m0/s1. The number of esters is 1. The molecule has 1 aliphatic heterocycles. The number of hydrogen-bond donors (Lipinski definition) is 2. The summed E-state index contributed by atoms with van der Waals surface area (Å²) in [6, 6.07) is 7.25. The number of carbonyl (C=O) groups excluding carboxylic acids is 3. The van der Waals surface area contributed by atoms with Gasteiger partial charge in [0.2, 0.25) is 11.8 Å². The second-order valence-corrected chi connectivity index (χ2v) is 7.31. The van der Waals surface area contributed by atoms with Crippen LogP contribution in [0.25, 0.3) is 0 Å². The molecule has 0 bridgehead atoms. The summed E-state index contributed by atoms with van der Waals surface area (Å²) >= 11 is 1.34. The van der Waals surface area contributed by atoms with Gasteiger partial charge < -0.3 is 15.4 Å². The van der Waals surface area contributed by atoms with Crippen LogP contribution in [-0.2, 0) is 14.3 Å². The number of rotatable bonds is 4. The fourth-order valence-electron chi connectivity index (χ4n) is 3.01. The summed E-state index contributed by atoms with van der Waals surface area (Å²) in [6.45, 7) is 5.72. The maximum atomic E-state index is 12.9. The SMILES string of the molecule is CCOC(=O)c1c(NC(=O)[C@H]2CC(=O)Nc3ccccc32)sc(C)c1C. The van der Waals surface area contributed by atoms with Gasteiger partial charge in [0.1, 0.15) is 5.00 Å². The van der Waals surface area contributed by atoms with Crippen LogP contribution in [0.3, 0.4) is 0 Å². The summed E-state index contributed by atoms with van der Waals surface area (Å²) in [5, 5.41) is 6.08. The first kappa shape index (κ1) is 18.1. The number of carbonyl (C=O) groups is 3. The molecule has 0 spiro atoms. The number of hydrogen-bond acceptors (Lipinski definition) is 5. The van der Waals surface area contributed by atoms with E-state index in [2.05, 4.69) is 10.6 Å². The van der Waals surface area contributed by atoms with Crippen LogP contribution in [0.5, 0.6) is 0 Å². The van der Waals surface area contributed by atoms with Gasteiger partial charge in [0, 0.05) is 17.0 Å². The Morgan fingerprint density at radius 2 is 2.04 bits per heavy atom. The van der Waals surface area contributed by atoms with Crippen molar-refractivity contribution in [3.8, 4) is 0 Å². The predicted octanol–water partition coefficient (Wildman–Crippen LogP) is 3.61. The minimum absolute atomic E-state index is 0.0704. The quantitative estimate of drug-likeness (QED) is 0.803. The molecule has 2 aromatic rings. The van der Waals surface area contributed by atoms with Crippen LogP contribution < -0.4 is 10.6 Å². The van der Waals surface area contributed by atoms with Crippen molar-refractivity contribution < 1.29 is 19.1 Å². The molecule has 3 rings (SSSR count). The highest BCUT2D eigenvalue weighted by Crippen LogP contribution is 2.36. The number of thiophene rings is 1. The molecule has 1 aromatic heterocycles. The Kier molecular flexibility index (Phi) is 5.08. The first-order valence-electron chi connectivity index (χ1n) is 8.39. The van der Waals surface area contributed by atoms with Gasteiger partial charge >= 0.3 is 5.97 Å². The van der Waals surface area contributed by atoms with E-state index in [1.807, 2.05) is 32.0 Å². The molecule has 2 heterocycles. The van der Waals surface area contributed by atoms with E-state index in [9.17, 15) is 14.4 Å². The summed E-state index contributed by atoms with van der Waals surface area (Å²) in [5.41, 5.74) is 2.60. The molecule has 0 fully saturated rings. The Hall–Kier alpha value is -2.67. The summed E-state index contributed by atoms with van der Waals surface area (Å²) < 4.78 is 5.12. The topological polar surface area (TPSA) is 84.5 Å². The van der Waals surface area contributed by atoms with Gasteiger partial charge in [-0.25, -0.2) is 4.79 Å².